The van der Waals surface area contributed by atoms with Gasteiger partial charge < -0.3 is 14.6 Å². The monoisotopic (exact) mass is 506 g/mol. The van der Waals surface area contributed by atoms with E-state index in [0.717, 1.165) is 5.57 Å². The van der Waals surface area contributed by atoms with Gasteiger partial charge in [-0.05, 0) is 44.1 Å². The van der Waals surface area contributed by atoms with Crippen molar-refractivity contribution in [2.24, 2.45) is 28.6 Å². The molecule has 0 aromatic rings. The van der Waals surface area contributed by atoms with Gasteiger partial charge in [-0.1, -0.05) is 40.2 Å². The first-order chi connectivity index (χ1) is 16.8. The molecule has 36 heavy (non-hydrogen) atoms. The lowest BCUT2D eigenvalue weighted by Crippen LogP contribution is -2.70. The number of rotatable bonds is 6. The number of carbonyl (C=O) groups excluding carboxylic acids is 4. The van der Waals surface area contributed by atoms with Crippen LogP contribution in [-0.2, 0) is 28.7 Å². The average Bonchev–Trinajstić information content (AvgIpc) is 3.05. The quantitative estimate of drug-likeness (QED) is 0.542. The van der Waals surface area contributed by atoms with Gasteiger partial charge in [0.15, 0.2) is 18.0 Å². The number of aliphatic hydroxyl groups is 1. The summed E-state index contributed by atoms with van der Waals surface area (Å²) in [5, 5.41) is 11.6. The Morgan fingerprint density at radius 3 is 2.42 bits per heavy atom. The van der Waals surface area contributed by atoms with Crippen LogP contribution in [0.1, 0.15) is 86.0 Å². The number of carbonyl (C=O) groups is 4. The van der Waals surface area contributed by atoms with Crippen molar-refractivity contribution < 1.29 is 38.1 Å². The Morgan fingerprint density at radius 2 is 1.78 bits per heavy atom. The smallest absolute Gasteiger partial charge is 0.306 e. The molecule has 4 aliphatic rings. The van der Waals surface area contributed by atoms with Crippen LogP contribution >= 0.6 is 0 Å². The van der Waals surface area contributed by atoms with E-state index in [1.807, 2.05) is 20.8 Å². The molecule has 0 spiro atoms. The summed E-state index contributed by atoms with van der Waals surface area (Å²) < 4.78 is 28.6. The molecule has 3 saturated carbocycles. The molecule has 0 saturated heterocycles. The second-order valence-electron chi connectivity index (χ2n) is 11.8. The molecule has 0 aromatic carbocycles. The maximum absolute atomic E-state index is 17.4. The second-order valence-corrected chi connectivity index (χ2v) is 11.8. The summed E-state index contributed by atoms with van der Waals surface area (Å²) in [6.07, 6.45) is 2.24. The number of alkyl halides is 1. The molecule has 0 radical (unpaired) electrons. The normalized spacial score (nSPS) is 43.5. The van der Waals surface area contributed by atoms with E-state index in [1.54, 1.807) is 19.9 Å². The van der Waals surface area contributed by atoms with Gasteiger partial charge in [0.1, 0.15) is 5.67 Å². The summed E-state index contributed by atoms with van der Waals surface area (Å²) in [4.78, 5) is 50.4. The summed E-state index contributed by atoms with van der Waals surface area (Å²) in [7, 11) is 0. The number of aliphatic hydroxyl groups excluding tert-OH is 1. The molecule has 1 unspecified atom stereocenters. The highest BCUT2D eigenvalue weighted by Gasteiger charge is 2.77. The van der Waals surface area contributed by atoms with Gasteiger partial charge in [0, 0.05) is 41.9 Å². The Labute approximate surface area is 212 Å². The molecule has 4 rings (SSSR count). The molecule has 3 fully saturated rings. The van der Waals surface area contributed by atoms with Gasteiger partial charge in [-0.15, -0.1) is 0 Å². The number of hydrogen-bond donors (Lipinski definition) is 1. The van der Waals surface area contributed by atoms with Crippen LogP contribution in [0.15, 0.2) is 11.6 Å². The van der Waals surface area contributed by atoms with Crippen molar-refractivity contribution in [2.45, 2.75) is 103 Å². The molecule has 0 amide bonds. The lowest BCUT2D eigenvalue weighted by Gasteiger charge is -2.63. The highest BCUT2D eigenvalue weighted by Crippen LogP contribution is 2.72. The summed E-state index contributed by atoms with van der Waals surface area (Å²) in [5.41, 5.74) is -4.86. The number of hydrogen-bond acceptors (Lipinski definition) is 7. The van der Waals surface area contributed by atoms with Crippen LogP contribution in [0.4, 0.5) is 4.39 Å². The predicted octanol–water partition coefficient (Wildman–Crippen LogP) is 4.04. The molecular formula is C28H39FO7. The summed E-state index contributed by atoms with van der Waals surface area (Å²) >= 11 is 0. The number of fused-ring (bicyclic) bond motifs is 5. The summed E-state index contributed by atoms with van der Waals surface area (Å²) in [5.74, 6) is -2.99. The number of Topliss-reactive ketones (excluding diaryl/α,β-unsaturated/α-hetero) is 1. The summed E-state index contributed by atoms with van der Waals surface area (Å²) in [6.45, 7) is 8.20. The van der Waals surface area contributed by atoms with E-state index in [4.69, 9.17) is 9.47 Å². The number of halogens is 1. The first-order valence-electron chi connectivity index (χ1n) is 13.3. The van der Waals surface area contributed by atoms with Gasteiger partial charge in [0.05, 0.1) is 6.10 Å². The van der Waals surface area contributed by atoms with Gasteiger partial charge in [0.2, 0.25) is 5.78 Å². The van der Waals surface area contributed by atoms with E-state index in [-0.39, 0.29) is 37.4 Å². The molecule has 0 aliphatic heterocycles. The first kappa shape index (κ1) is 27.0. The third kappa shape index (κ3) is 3.46. The minimum atomic E-state index is -1.97. The van der Waals surface area contributed by atoms with Crippen LogP contribution in [0, 0.1) is 28.6 Å². The van der Waals surface area contributed by atoms with E-state index < -0.39 is 64.4 Å². The molecule has 0 bridgehead atoms. The van der Waals surface area contributed by atoms with Crippen molar-refractivity contribution in [2.75, 3.05) is 6.61 Å². The Bertz CT molecular complexity index is 1010. The van der Waals surface area contributed by atoms with Crippen molar-refractivity contribution in [3.05, 3.63) is 11.6 Å². The lowest BCUT2D eigenvalue weighted by molar-refractivity contribution is -0.235. The third-order valence-corrected chi connectivity index (χ3v) is 10.2. The van der Waals surface area contributed by atoms with E-state index in [1.165, 1.54) is 0 Å². The molecule has 200 valence electrons. The number of allylic oxidation sites excluding steroid dienone is 1. The molecule has 8 atom stereocenters. The Morgan fingerprint density at radius 1 is 1.11 bits per heavy atom. The Balaban J connectivity index is 1.79. The van der Waals surface area contributed by atoms with Gasteiger partial charge in [-0.25, -0.2) is 4.39 Å². The Kier molecular flexibility index (Phi) is 6.76. The van der Waals surface area contributed by atoms with Crippen LogP contribution < -0.4 is 0 Å². The second kappa shape index (κ2) is 9.03. The van der Waals surface area contributed by atoms with Crippen LogP contribution in [-0.4, -0.2) is 52.6 Å². The van der Waals surface area contributed by atoms with E-state index in [9.17, 15) is 24.3 Å². The molecule has 8 heteroatoms. The van der Waals surface area contributed by atoms with Crippen molar-refractivity contribution in [3.8, 4) is 0 Å². The standard InChI is InChI=1S/C28H39FO7/c1-6-23(33)35-15-22(32)28(36-24(34)7-2)16(3)12-20-19-9-8-17-13-18(30)10-11-25(17,4)27(19,29)21(31)14-26(20,28)5/h13,16,19-21,31H,6-12,14-15H2,1-5H3/t16-,19-,20-,21-,25-,26-,27-,28?/m0/s1. The fourth-order valence-corrected chi connectivity index (χ4v) is 8.37. The molecular weight excluding hydrogens is 467 g/mol. The third-order valence-electron chi connectivity index (χ3n) is 10.2. The largest absolute Gasteiger partial charge is 0.457 e. The maximum atomic E-state index is 17.4. The maximum Gasteiger partial charge on any atom is 0.306 e. The van der Waals surface area contributed by atoms with Gasteiger partial charge >= 0.3 is 11.9 Å². The van der Waals surface area contributed by atoms with Crippen molar-refractivity contribution in [3.63, 3.8) is 0 Å². The zero-order valence-electron chi connectivity index (χ0n) is 22.0. The minimum absolute atomic E-state index is 0.00753. The van der Waals surface area contributed by atoms with Crippen LogP contribution in [0.5, 0.6) is 0 Å². The first-order valence-corrected chi connectivity index (χ1v) is 13.3. The number of ketones is 2. The molecule has 7 nitrogen and oxygen atoms in total. The van der Waals surface area contributed by atoms with Crippen LogP contribution in [0.2, 0.25) is 0 Å². The molecule has 0 heterocycles. The SMILES string of the molecule is CCC(=O)OCC(=O)C1(OC(=O)CC)[C@@H](C)C[C@H]2[C@@H]3CCC4=CC(=O)CC[C@]4(C)[C@@]3(F)[C@@H](O)C[C@@]21C. The highest BCUT2D eigenvalue weighted by molar-refractivity contribution is 5.94. The molecule has 4 aliphatic carbocycles. The fourth-order valence-electron chi connectivity index (χ4n) is 8.37. The topological polar surface area (TPSA) is 107 Å². The molecule has 1 N–H and O–H groups in total. The number of esters is 2. The Hall–Kier alpha value is -2.09. The van der Waals surface area contributed by atoms with Crippen LogP contribution in [0.3, 0.4) is 0 Å². The van der Waals surface area contributed by atoms with E-state index >= 15 is 4.39 Å². The highest BCUT2D eigenvalue weighted by atomic mass is 19.1. The van der Waals surface area contributed by atoms with Crippen molar-refractivity contribution in [1.29, 1.82) is 0 Å². The van der Waals surface area contributed by atoms with Crippen molar-refractivity contribution >= 4 is 23.5 Å². The van der Waals surface area contributed by atoms with E-state index in [2.05, 4.69) is 0 Å². The van der Waals surface area contributed by atoms with Crippen molar-refractivity contribution in [1.82, 2.24) is 0 Å². The molecule has 0 aromatic heterocycles. The predicted molar refractivity (Wildman–Crippen MR) is 128 cm³/mol. The summed E-state index contributed by atoms with van der Waals surface area (Å²) in [6, 6.07) is 0. The zero-order chi connectivity index (χ0) is 26.7. The number of ether oxygens (including phenoxy) is 2. The fraction of sp³-hybridized carbons (Fsp3) is 0.786. The van der Waals surface area contributed by atoms with Gasteiger partial charge in [0.25, 0.3) is 0 Å². The zero-order valence-corrected chi connectivity index (χ0v) is 22.0. The van der Waals surface area contributed by atoms with E-state index in [0.29, 0.717) is 25.7 Å². The average molecular weight is 507 g/mol. The lowest BCUT2D eigenvalue weighted by atomic mass is 9.43. The van der Waals surface area contributed by atoms with Crippen LogP contribution in [0.25, 0.3) is 0 Å². The van der Waals surface area contributed by atoms with Gasteiger partial charge in [-0.3, -0.25) is 19.2 Å². The minimum Gasteiger partial charge on any atom is -0.457 e. The van der Waals surface area contributed by atoms with Gasteiger partial charge in [-0.2, -0.15) is 0 Å².